The number of nitrogens with zero attached hydrogens (tertiary/aromatic N) is 1. The molecule has 0 aromatic carbocycles. The van der Waals surface area contributed by atoms with Gasteiger partial charge in [0.05, 0.1) is 23.0 Å². The number of aromatic amines is 1. The molecule has 0 spiro atoms. The second-order valence-corrected chi connectivity index (χ2v) is 12.2. The fourth-order valence-electron chi connectivity index (χ4n) is 2.45. The number of aromatic nitrogens is 2. The smallest absolute Gasteiger partial charge is 0.361 e. The molecule has 2 rings (SSSR count). The summed E-state index contributed by atoms with van der Waals surface area (Å²) in [5.41, 5.74) is -3.52. The number of ether oxygens (including phenoxy) is 3. The average molecular weight is 504 g/mol. The minimum atomic E-state index is -4.04. The highest BCUT2D eigenvalue weighted by Gasteiger charge is 2.47. The van der Waals surface area contributed by atoms with Crippen LogP contribution in [0.4, 0.5) is 0 Å². The van der Waals surface area contributed by atoms with E-state index in [0.29, 0.717) is 12.8 Å². The maximum atomic E-state index is 13.2. The molecule has 34 heavy (non-hydrogen) atoms. The highest BCUT2D eigenvalue weighted by atomic mass is 31.2. The first-order valence-electron chi connectivity index (χ1n) is 10.7. The van der Waals surface area contributed by atoms with E-state index in [0.717, 1.165) is 0 Å². The zero-order valence-corrected chi connectivity index (χ0v) is 21.3. The van der Waals surface area contributed by atoms with Crippen molar-refractivity contribution in [1.29, 1.82) is 0 Å². The molecule has 0 saturated heterocycles. The molecule has 1 N–H and O–H groups in total. The van der Waals surface area contributed by atoms with Crippen molar-refractivity contribution in [2.24, 2.45) is 10.8 Å². The number of hydrogen-bond acceptors (Lipinski definition) is 10. The van der Waals surface area contributed by atoms with Gasteiger partial charge in [0.1, 0.15) is 6.35 Å². The van der Waals surface area contributed by atoms with Crippen LogP contribution in [0.3, 0.4) is 0 Å². The van der Waals surface area contributed by atoms with E-state index in [4.69, 9.17) is 23.3 Å². The van der Waals surface area contributed by atoms with Crippen LogP contribution in [0.5, 0.6) is 0 Å². The summed E-state index contributed by atoms with van der Waals surface area (Å²) in [6.45, 7) is 8.69. The molecule has 1 aliphatic rings. The molecular formula is C21H33N2O10P. The van der Waals surface area contributed by atoms with Crippen molar-refractivity contribution in [2.45, 2.75) is 66.5 Å². The second kappa shape index (κ2) is 10.6. The largest absolute Gasteiger partial charge is 0.438 e. The second-order valence-electron chi connectivity index (χ2n) is 10.2. The Hall–Kier alpha value is -2.27. The zero-order chi connectivity index (χ0) is 25.8. The minimum Gasteiger partial charge on any atom is -0.438 e. The van der Waals surface area contributed by atoms with Crippen LogP contribution in [0, 0.1) is 10.8 Å². The van der Waals surface area contributed by atoms with Gasteiger partial charge in [-0.3, -0.25) is 37.5 Å². The Morgan fingerprint density at radius 2 is 1.50 bits per heavy atom. The average Bonchev–Trinajstić information content (AvgIpc) is 3.47. The predicted molar refractivity (Wildman–Crippen MR) is 120 cm³/mol. The number of hydrogen-bond donors (Lipinski definition) is 1. The van der Waals surface area contributed by atoms with Gasteiger partial charge in [-0.05, 0) is 54.4 Å². The van der Waals surface area contributed by atoms with Gasteiger partial charge in [-0.15, -0.1) is 0 Å². The van der Waals surface area contributed by atoms with Crippen LogP contribution >= 0.6 is 7.60 Å². The van der Waals surface area contributed by atoms with Crippen LogP contribution in [-0.4, -0.2) is 47.0 Å². The molecule has 1 heterocycles. The Bertz CT molecular complexity index is 1010. The van der Waals surface area contributed by atoms with Crippen LogP contribution in [-0.2, 0) is 44.0 Å². The molecule has 1 aromatic rings. The molecule has 1 aliphatic carbocycles. The summed E-state index contributed by atoms with van der Waals surface area (Å²) in [7, 11) is -4.04. The quantitative estimate of drug-likeness (QED) is 0.270. The van der Waals surface area contributed by atoms with Crippen molar-refractivity contribution in [1.82, 2.24) is 9.55 Å². The van der Waals surface area contributed by atoms with Crippen molar-refractivity contribution >= 4 is 19.5 Å². The van der Waals surface area contributed by atoms with Crippen molar-refractivity contribution < 1.29 is 37.4 Å². The van der Waals surface area contributed by atoms with E-state index in [1.165, 1.54) is 16.8 Å². The summed E-state index contributed by atoms with van der Waals surface area (Å²) in [6.07, 6.45) is 1.94. The lowest BCUT2D eigenvalue weighted by Gasteiger charge is -2.24. The third-order valence-electron chi connectivity index (χ3n) is 4.80. The molecule has 13 heteroatoms. The van der Waals surface area contributed by atoms with Crippen LogP contribution < -0.4 is 11.2 Å². The third kappa shape index (κ3) is 8.50. The van der Waals surface area contributed by atoms with Gasteiger partial charge in [-0.2, -0.15) is 0 Å². The summed E-state index contributed by atoms with van der Waals surface area (Å²) in [6, 6.07) is 1.21. The van der Waals surface area contributed by atoms with Crippen LogP contribution in [0.1, 0.15) is 54.4 Å². The molecule has 0 bridgehead atoms. The predicted octanol–water partition coefficient (Wildman–Crippen LogP) is 2.36. The van der Waals surface area contributed by atoms with E-state index in [-0.39, 0.29) is 6.54 Å². The summed E-state index contributed by atoms with van der Waals surface area (Å²) < 4.78 is 40.8. The van der Waals surface area contributed by atoms with Gasteiger partial charge in [0, 0.05) is 12.3 Å². The third-order valence-corrected chi connectivity index (χ3v) is 6.24. The molecule has 1 saturated carbocycles. The van der Waals surface area contributed by atoms with Crippen LogP contribution in [0.2, 0.25) is 0 Å². The van der Waals surface area contributed by atoms with Crippen molar-refractivity contribution in [3.05, 3.63) is 33.1 Å². The summed E-state index contributed by atoms with van der Waals surface area (Å²) >= 11 is 0. The van der Waals surface area contributed by atoms with Gasteiger partial charge in [0.2, 0.25) is 13.6 Å². The Labute approximate surface area is 197 Å². The fourth-order valence-corrected chi connectivity index (χ4v) is 3.53. The first kappa shape index (κ1) is 28.0. The van der Waals surface area contributed by atoms with Gasteiger partial charge < -0.3 is 14.2 Å². The lowest BCUT2D eigenvalue weighted by Crippen LogP contribution is -2.34. The van der Waals surface area contributed by atoms with Crippen molar-refractivity contribution in [2.75, 3.05) is 19.9 Å². The van der Waals surface area contributed by atoms with Gasteiger partial charge in [-0.25, -0.2) is 4.79 Å². The van der Waals surface area contributed by atoms with E-state index in [2.05, 4.69) is 4.98 Å². The zero-order valence-electron chi connectivity index (χ0n) is 20.4. The minimum absolute atomic E-state index is 0.112. The topological polar surface area (TPSA) is 152 Å². The van der Waals surface area contributed by atoms with Crippen LogP contribution in [0.25, 0.3) is 0 Å². The Morgan fingerprint density at radius 3 is 1.91 bits per heavy atom. The number of carbonyl (C=O) groups is 2. The maximum absolute atomic E-state index is 13.2. The SMILES string of the molecule is CC(C)(C)C(=O)OCOP(=O)(COC1(Cn2ccc(=O)[nH]c2=O)CC1)OCOC(=O)C(C)(C)C. The monoisotopic (exact) mass is 504 g/mol. The summed E-state index contributed by atoms with van der Waals surface area (Å²) in [5.74, 6) is -1.15. The first-order valence-corrected chi connectivity index (χ1v) is 12.4. The van der Waals surface area contributed by atoms with E-state index in [9.17, 15) is 23.7 Å². The first-order chi connectivity index (χ1) is 15.6. The molecule has 12 nitrogen and oxygen atoms in total. The number of rotatable bonds is 11. The van der Waals surface area contributed by atoms with E-state index >= 15 is 0 Å². The van der Waals surface area contributed by atoms with Crippen LogP contribution in [0.15, 0.2) is 21.9 Å². The number of esters is 2. The Kier molecular flexibility index (Phi) is 8.68. The van der Waals surface area contributed by atoms with E-state index in [1.54, 1.807) is 41.5 Å². The number of carbonyl (C=O) groups excluding carboxylic acids is 2. The lowest BCUT2D eigenvalue weighted by molar-refractivity contribution is -0.162. The highest BCUT2D eigenvalue weighted by Crippen LogP contribution is 2.52. The highest BCUT2D eigenvalue weighted by molar-refractivity contribution is 7.53. The Morgan fingerprint density at radius 1 is 1.00 bits per heavy atom. The molecule has 0 amide bonds. The number of H-pyrrole nitrogens is 1. The lowest BCUT2D eigenvalue weighted by atomic mass is 9.98. The van der Waals surface area contributed by atoms with Gasteiger partial charge in [0.25, 0.3) is 5.56 Å². The van der Waals surface area contributed by atoms with Gasteiger partial charge in [-0.1, -0.05) is 0 Å². The maximum Gasteiger partial charge on any atom is 0.361 e. The van der Waals surface area contributed by atoms with Gasteiger partial charge in [0.15, 0.2) is 0 Å². The fraction of sp³-hybridized carbons (Fsp3) is 0.714. The Balaban J connectivity index is 2.03. The normalized spacial score (nSPS) is 15.6. The molecule has 1 fully saturated rings. The molecule has 0 radical (unpaired) electrons. The van der Waals surface area contributed by atoms with E-state index in [1.807, 2.05) is 0 Å². The summed E-state index contributed by atoms with van der Waals surface area (Å²) in [4.78, 5) is 49.3. The van der Waals surface area contributed by atoms with Gasteiger partial charge >= 0.3 is 25.2 Å². The standard InChI is InChI=1S/C21H33N2O10P/c1-19(2,3)16(25)29-12-32-34(28,33-13-30-17(26)20(4,5)6)14-31-21(8-9-21)11-23-10-7-15(24)22-18(23)27/h7,10H,8-9,11-14H2,1-6H3,(H,22,24,27). The molecule has 0 atom stereocenters. The molecule has 0 aliphatic heterocycles. The summed E-state index contributed by atoms with van der Waals surface area (Å²) in [5, 5.41) is 0. The molecule has 192 valence electrons. The molecule has 0 unspecified atom stereocenters. The van der Waals surface area contributed by atoms with E-state index < -0.39 is 67.1 Å². The number of nitrogens with one attached hydrogen (secondary N) is 1. The van der Waals surface area contributed by atoms with Crippen molar-refractivity contribution in [3.8, 4) is 0 Å². The molecule has 1 aromatic heterocycles. The van der Waals surface area contributed by atoms with Crippen molar-refractivity contribution in [3.63, 3.8) is 0 Å². The molecular weight excluding hydrogens is 471 g/mol.